The number of nitrogens with one attached hydrogen (secondary N) is 1. The van der Waals surface area contributed by atoms with Crippen molar-refractivity contribution in [3.05, 3.63) is 18.2 Å². The Morgan fingerprint density at radius 1 is 1.40 bits per heavy atom. The molecule has 0 aliphatic carbocycles. The summed E-state index contributed by atoms with van der Waals surface area (Å²) in [4.78, 5) is 11.8. The molecule has 0 aliphatic heterocycles. The van der Waals surface area contributed by atoms with E-state index in [2.05, 4.69) is 19.2 Å². The zero-order valence-corrected chi connectivity index (χ0v) is 12.4. The van der Waals surface area contributed by atoms with Crippen LogP contribution in [0.2, 0.25) is 0 Å². The number of nitrogens with two attached hydrogens (primary N) is 1. The highest BCUT2D eigenvalue weighted by molar-refractivity contribution is 5.92. The molecule has 0 bridgehead atoms. The topological polar surface area (TPSA) is 73.6 Å². The summed E-state index contributed by atoms with van der Waals surface area (Å²) in [5.41, 5.74) is 6.90. The zero-order valence-electron chi connectivity index (χ0n) is 12.4. The molecule has 0 atom stereocenters. The summed E-state index contributed by atoms with van der Waals surface area (Å²) < 4.78 is 10.6. The fourth-order valence-corrected chi connectivity index (χ4v) is 1.68. The summed E-state index contributed by atoms with van der Waals surface area (Å²) >= 11 is 0. The van der Waals surface area contributed by atoms with Crippen LogP contribution in [-0.4, -0.2) is 26.2 Å². The second-order valence-corrected chi connectivity index (χ2v) is 5.08. The van der Waals surface area contributed by atoms with Gasteiger partial charge in [-0.25, -0.2) is 0 Å². The number of nitrogen functional groups attached to an aromatic ring is 1. The summed E-state index contributed by atoms with van der Waals surface area (Å²) in [5, 5.41) is 2.81. The van der Waals surface area contributed by atoms with Gasteiger partial charge in [-0.05, 0) is 24.5 Å². The first-order chi connectivity index (χ1) is 9.52. The summed E-state index contributed by atoms with van der Waals surface area (Å²) in [7, 11) is 1.55. The second-order valence-electron chi connectivity index (χ2n) is 5.08. The first-order valence-corrected chi connectivity index (χ1v) is 6.84. The fourth-order valence-electron chi connectivity index (χ4n) is 1.68. The van der Waals surface area contributed by atoms with Crippen LogP contribution in [0.3, 0.4) is 0 Å². The van der Waals surface area contributed by atoms with E-state index < -0.39 is 0 Å². The molecule has 1 aromatic carbocycles. The van der Waals surface area contributed by atoms with Crippen LogP contribution in [0.25, 0.3) is 0 Å². The third-order valence-electron chi connectivity index (χ3n) is 2.64. The van der Waals surface area contributed by atoms with Crippen molar-refractivity contribution in [1.29, 1.82) is 0 Å². The number of hydrogen-bond acceptors (Lipinski definition) is 4. The summed E-state index contributed by atoms with van der Waals surface area (Å²) in [6, 6.07) is 5.15. The van der Waals surface area contributed by atoms with E-state index in [4.69, 9.17) is 15.2 Å². The van der Waals surface area contributed by atoms with Crippen LogP contribution >= 0.6 is 0 Å². The first kappa shape index (κ1) is 16.3. The lowest BCUT2D eigenvalue weighted by Gasteiger charge is -2.11. The van der Waals surface area contributed by atoms with Crippen molar-refractivity contribution in [3.8, 4) is 5.75 Å². The minimum absolute atomic E-state index is 0.0544. The van der Waals surface area contributed by atoms with Gasteiger partial charge in [-0.1, -0.05) is 13.8 Å². The number of methoxy groups -OCH3 is 1. The number of carbonyl (C=O) groups is 1. The molecule has 0 saturated carbocycles. The molecule has 1 aromatic rings. The number of benzene rings is 1. The summed E-state index contributed by atoms with van der Waals surface area (Å²) in [5.74, 6) is 1.03. The average molecular weight is 280 g/mol. The van der Waals surface area contributed by atoms with Crippen molar-refractivity contribution in [2.45, 2.75) is 26.7 Å². The van der Waals surface area contributed by atoms with E-state index in [1.165, 1.54) is 0 Å². The third-order valence-corrected chi connectivity index (χ3v) is 2.64. The van der Waals surface area contributed by atoms with Crippen molar-refractivity contribution >= 4 is 17.3 Å². The molecule has 5 heteroatoms. The molecule has 0 saturated heterocycles. The van der Waals surface area contributed by atoms with Crippen molar-refractivity contribution in [2.75, 3.05) is 31.4 Å². The normalized spacial score (nSPS) is 10.6. The van der Waals surface area contributed by atoms with E-state index in [-0.39, 0.29) is 5.91 Å². The van der Waals surface area contributed by atoms with Crippen LogP contribution in [-0.2, 0) is 9.53 Å². The van der Waals surface area contributed by atoms with Gasteiger partial charge in [0.15, 0.2) is 0 Å². The minimum atomic E-state index is -0.0544. The molecule has 0 aliphatic rings. The van der Waals surface area contributed by atoms with Crippen molar-refractivity contribution in [3.63, 3.8) is 0 Å². The molecule has 0 aromatic heterocycles. The third kappa shape index (κ3) is 5.93. The number of ether oxygens (including phenoxy) is 2. The van der Waals surface area contributed by atoms with Crippen LogP contribution in [0.4, 0.5) is 11.4 Å². The number of carbonyl (C=O) groups excluding carboxylic acids is 1. The van der Waals surface area contributed by atoms with Crippen LogP contribution in [0.1, 0.15) is 26.7 Å². The lowest BCUT2D eigenvalue weighted by molar-refractivity contribution is -0.116. The molecule has 3 N–H and O–H groups in total. The molecule has 20 heavy (non-hydrogen) atoms. The number of hydrogen-bond donors (Lipinski definition) is 2. The molecule has 0 radical (unpaired) electrons. The first-order valence-electron chi connectivity index (χ1n) is 6.84. The Morgan fingerprint density at radius 3 is 2.80 bits per heavy atom. The molecule has 0 spiro atoms. The Balaban J connectivity index is 2.35. The Labute approximate surface area is 120 Å². The maximum Gasteiger partial charge on any atom is 0.224 e. The monoisotopic (exact) mass is 280 g/mol. The Kier molecular flexibility index (Phi) is 6.87. The number of rotatable bonds is 8. The number of amides is 1. The molecule has 0 heterocycles. The van der Waals surface area contributed by atoms with E-state index in [1.54, 1.807) is 25.3 Å². The van der Waals surface area contributed by atoms with Crippen LogP contribution < -0.4 is 15.8 Å². The molecule has 0 unspecified atom stereocenters. The molecule has 1 rings (SSSR count). The Morgan fingerprint density at radius 2 is 2.15 bits per heavy atom. The van der Waals surface area contributed by atoms with Gasteiger partial charge in [0.2, 0.25) is 5.91 Å². The largest absolute Gasteiger partial charge is 0.494 e. The summed E-state index contributed by atoms with van der Waals surface area (Å²) in [6.45, 7) is 5.53. The maximum atomic E-state index is 11.8. The van der Waals surface area contributed by atoms with Gasteiger partial charge in [0.05, 0.1) is 12.8 Å². The van der Waals surface area contributed by atoms with Crippen LogP contribution in [0, 0.1) is 5.92 Å². The molecular formula is C15H24N2O3. The van der Waals surface area contributed by atoms with Gasteiger partial charge in [0, 0.05) is 31.4 Å². The highest BCUT2D eigenvalue weighted by Gasteiger charge is 2.07. The molecule has 5 nitrogen and oxygen atoms in total. The zero-order chi connectivity index (χ0) is 15.0. The molecular weight excluding hydrogens is 256 g/mol. The van der Waals surface area contributed by atoms with E-state index in [0.717, 1.165) is 6.61 Å². The maximum absolute atomic E-state index is 11.8. The van der Waals surface area contributed by atoms with Crippen molar-refractivity contribution in [1.82, 2.24) is 0 Å². The van der Waals surface area contributed by atoms with Crippen molar-refractivity contribution < 1.29 is 14.3 Å². The predicted octanol–water partition coefficient (Wildman–Crippen LogP) is 2.67. The predicted molar refractivity (Wildman–Crippen MR) is 80.9 cm³/mol. The fraction of sp³-hybridized carbons (Fsp3) is 0.533. The van der Waals surface area contributed by atoms with E-state index in [1.807, 2.05) is 0 Å². The lowest BCUT2D eigenvalue weighted by Crippen LogP contribution is -2.13. The van der Waals surface area contributed by atoms with Crippen LogP contribution in [0.5, 0.6) is 5.75 Å². The van der Waals surface area contributed by atoms with E-state index >= 15 is 0 Å². The van der Waals surface area contributed by atoms with Crippen LogP contribution in [0.15, 0.2) is 18.2 Å². The summed E-state index contributed by atoms with van der Waals surface area (Å²) in [6.07, 6.45) is 1.13. The van der Waals surface area contributed by atoms with Gasteiger partial charge in [-0.2, -0.15) is 0 Å². The smallest absolute Gasteiger partial charge is 0.224 e. The molecule has 0 fully saturated rings. The average Bonchev–Trinajstić information content (AvgIpc) is 2.40. The highest BCUT2D eigenvalue weighted by Crippen LogP contribution is 2.26. The van der Waals surface area contributed by atoms with Gasteiger partial charge >= 0.3 is 0 Å². The Hall–Kier alpha value is -1.75. The molecule has 112 valence electrons. The quantitative estimate of drug-likeness (QED) is 0.567. The Bertz CT molecular complexity index is 433. The van der Waals surface area contributed by atoms with E-state index in [9.17, 15) is 4.79 Å². The second kappa shape index (κ2) is 8.43. The lowest BCUT2D eigenvalue weighted by atomic mass is 10.2. The minimum Gasteiger partial charge on any atom is -0.494 e. The number of anilines is 2. The standard InChI is InChI=1S/C15H24N2O3/c1-11(2)10-20-8-4-5-15(18)17-13-7-6-12(16)9-14(13)19-3/h6-7,9,11H,4-5,8,10,16H2,1-3H3,(H,17,18). The van der Waals surface area contributed by atoms with Gasteiger partial charge < -0.3 is 20.5 Å². The van der Waals surface area contributed by atoms with Gasteiger partial charge in [0.1, 0.15) is 5.75 Å². The van der Waals surface area contributed by atoms with E-state index in [0.29, 0.717) is 42.5 Å². The van der Waals surface area contributed by atoms with Crippen molar-refractivity contribution in [2.24, 2.45) is 5.92 Å². The highest BCUT2D eigenvalue weighted by atomic mass is 16.5. The van der Waals surface area contributed by atoms with Gasteiger partial charge in [-0.15, -0.1) is 0 Å². The van der Waals surface area contributed by atoms with Gasteiger partial charge in [0.25, 0.3) is 0 Å². The molecule has 1 amide bonds. The van der Waals surface area contributed by atoms with Gasteiger partial charge in [-0.3, -0.25) is 4.79 Å². The SMILES string of the molecule is COc1cc(N)ccc1NC(=O)CCCOCC(C)C.